The number of nitrogens with one attached hydrogen (secondary N) is 1. The van der Waals surface area contributed by atoms with E-state index in [0.29, 0.717) is 10.6 Å². The first-order valence-electron chi connectivity index (χ1n) is 6.77. The lowest BCUT2D eigenvalue weighted by molar-refractivity contribution is 0.282. The molecule has 0 unspecified atom stereocenters. The largest absolute Gasteiger partial charge is 0.460 e. The number of rotatable bonds is 4. The van der Waals surface area contributed by atoms with E-state index in [1.54, 1.807) is 12.1 Å². The minimum Gasteiger partial charge on any atom is -0.460 e. The van der Waals surface area contributed by atoms with Crippen molar-refractivity contribution < 1.29 is 9.13 Å². The Kier molecular flexibility index (Phi) is 5.95. The van der Waals surface area contributed by atoms with Gasteiger partial charge in [0.05, 0.1) is 6.04 Å². The van der Waals surface area contributed by atoms with Gasteiger partial charge in [0.15, 0.2) is 0 Å². The van der Waals surface area contributed by atoms with Crippen LogP contribution in [-0.2, 0) is 11.3 Å². The Morgan fingerprint density at radius 1 is 1.48 bits per heavy atom. The molecule has 5 nitrogen and oxygen atoms in total. The highest BCUT2D eigenvalue weighted by Crippen LogP contribution is 2.15. The molecule has 7 heteroatoms. The minimum absolute atomic E-state index is 0.000472. The predicted octanol–water partition coefficient (Wildman–Crippen LogP) is 2.09. The van der Waals surface area contributed by atoms with Crippen molar-refractivity contribution in [2.24, 2.45) is 15.7 Å². The van der Waals surface area contributed by atoms with Gasteiger partial charge in [-0.1, -0.05) is 17.7 Å². The molecule has 1 fully saturated rings. The third kappa shape index (κ3) is 5.32. The maximum absolute atomic E-state index is 13.5. The van der Waals surface area contributed by atoms with Crippen LogP contribution in [0.15, 0.2) is 28.2 Å². The van der Waals surface area contributed by atoms with Gasteiger partial charge in [-0.25, -0.2) is 4.39 Å². The van der Waals surface area contributed by atoms with Gasteiger partial charge in [-0.15, -0.1) is 0 Å². The molecule has 2 rings (SSSR count). The number of benzene rings is 1. The van der Waals surface area contributed by atoms with E-state index >= 15 is 0 Å². The molecule has 1 saturated heterocycles. The fraction of sp³-hybridized carbons (Fsp3) is 0.429. The fourth-order valence-electron chi connectivity index (χ4n) is 1.97. The Labute approximate surface area is 128 Å². The van der Waals surface area contributed by atoms with Gasteiger partial charge in [0.2, 0.25) is 0 Å². The number of aliphatic imine (C=N–C) groups is 2. The number of ether oxygens (including phenoxy) is 1. The molecule has 0 aliphatic carbocycles. The minimum atomic E-state index is -0.432. The molecule has 1 aromatic rings. The summed E-state index contributed by atoms with van der Waals surface area (Å²) in [4.78, 5) is 8.20. The van der Waals surface area contributed by atoms with Gasteiger partial charge < -0.3 is 15.8 Å². The van der Waals surface area contributed by atoms with Crippen molar-refractivity contribution in [1.82, 2.24) is 5.32 Å². The SMILES string of the molecule is NC(=NC=NC1CCNCC1)OCc1ccc(Cl)cc1F. The lowest BCUT2D eigenvalue weighted by Gasteiger charge is -2.17. The molecule has 1 aliphatic heterocycles. The summed E-state index contributed by atoms with van der Waals surface area (Å²) >= 11 is 5.67. The van der Waals surface area contributed by atoms with Crippen LogP contribution in [0.25, 0.3) is 0 Å². The summed E-state index contributed by atoms with van der Waals surface area (Å²) in [6, 6.07) is 4.61. The van der Waals surface area contributed by atoms with Gasteiger partial charge in [0, 0.05) is 10.6 Å². The molecule has 1 heterocycles. The Morgan fingerprint density at radius 2 is 2.24 bits per heavy atom. The molecule has 0 saturated carbocycles. The quantitative estimate of drug-likeness (QED) is 0.660. The van der Waals surface area contributed by atoms with E-state index in [1.165, 1.54) is 12.4 Å². The summed E-state index contributed by atoms with van der Waals surface area (Å²) in [5.74, 6) is -0.432. The highest BCUT2D eigenvalue weighted by atomic mass is 35.5. The van der Waals surface area contributed by atoms with Crippen LogP contribution in [0.3, 0.4) is 0 Å². The smallest absolute Gasteiger partial charge is 0.288 e. The highest BCUT2D eigenvalue weighted by molar-refractivity contribution is 6.30. The average molecular weight is 313 g/mol. The van der Waals surface area contributed by atoms with E-state index < -0.39 is 5.82 Å². The van der Waals surface area contributed by atoms with Crippen LogP contribution in [-0.4, -0.2) is 31.5 Å². The van der Waals surface area contributed by atoms with E-state index in [9.17, 15) is 4.39 Å². The number of hydrogen-bond donors (Lipinski definition) is 2. The second kappa shape index (κ2) is 7.95. The van der Waals surface area contributed by atoms with Crippen LogP contribution in [0.4, 0.5) is 4.39 Å². The molecule has 114 valence electrons. The monoisotopic (exact) mass is 312 g/mol. The second-order valence-corrected chi connectivity index (χ2v) is 5.17. The zero-order chi connectivity index (χ0) is 15.1. The summed E-state index contributed by atoms with van der Waals surface area (Å²) in [6.07, 6.45) is 3.38. The number of hydrogen-bond acceptors (Lipinski definition) is 3. The molecule has 0 spiro atoms. The maximum atomic E-state index is 13.5. The van der Waals surface area contributed by atoms with Crippen LogP contribution >= 0.6 is 11.6 Å². The Balaban J connectivity index is 1.81. The summed E-state index contributed by atoms with van der Waals surface area (Å²) in [6.45, 7) is 1.93. The van der Waals surface area contributed by atoms with Gasteiger partial charge in [0.25, 0.3) is 6.02 Å². The standard InChI is InChI=1S/C14H18ClFN4O/c15-11-2-1-10(13(16)7-11)8-21-14(17)20-9-19-12-3-5-18-6-4-12/h1-2,7,9,12,18H,3-6,8H2,(H2,17,19,20). The molecule has 1 aromatic carbocycles. The zero-order valence-corrected chi connectivity index (χ0v) is 12.3. The van der Waals surface area contributed by atoms with Crippen molar-refractivity contribution in [2.45, 2.75) is 25.5 Å². The van der Waals surface area contributed by atoms with Crippen LogP contribution in [0.2, 0.25) is 5.02 Å². The lowest BCUT2D eigenvalue weighted by Crippen LogP contribution is -2.29. The average Bonchev–Trinajstić information content (AvgIpc) is 2.47. The van der Waals surface area contributed by atoms with E-state index in [-0.39, 0.29) is 18.7 Å². The highest BCUT2D eigenvalue weighted by Gasteiger charge is 2.10. The molecule has 0 radical (unpaired) electrons. The zero-order valence-electron chi connectivity index (χ0n) is 11.6. The van der Waals surface area contributed by atoms with E-state index in [2.05, 4.69) is 15.3 Å². The van der Waals surface area contributed by atoms with Gasteiger partial charge in [-0.05, 0) is 38.1 Å². The van der Waals surface area contributed by atoms with Crippen LogP contribution in [0.5, 0.6) is 0 Å². The molecule has 0 atom stereocenters. The van der Waals surface area contributed by atoms with Gasteiger partial charge in [-0.3, -0.25) is 4.99 Å². The molecular formula is C14H18ClFN4O. The van der Waals surface area contributed by atoms with Crippen molar-refractivity contribution >= 4 is 24.0 Å². The summed E-state index contributed by atoms with van der Waals surface area (Å²) in [7, 11) is 0. The van der Waals surface area contributed by atoms with Crippen LogP contribution < -0.4 is 11.1 Å². The van der Waals surface area contributed by atoms with E-state index in [1.807, 2.05) is 0 Å². The predicted molar refractivity (Wildman–Crippen MR) is 82.2 cm³/mol. The van der Waals surface area contributed by atoms with Crippen LogP contribution in [0, 0.1) is 5.82 Å². The summed E-state index contributed by atoms with van der Waals surface area (Å²) in [5.41, 5.74) is 5.96. The molecular weight excluding hydrogens is 295 g/mol. The number of nitrogens with zero attached hydrogens (tertiary/aromatic N) is 2. The first kappa shape index (κ1) is 15.7. The van der Waals surface area contributed by atoms with Crippen molar-refractivity contribution in [1.29, 1.82) is 0 Å². The Bertz CT molecular complexity index is 530. The number of halogens is 2. The third-order valence-electron chi connectivity index (χ3n) is 3.16. The lowest BCUT2D eigenvalue weighted by atomic mass is 10.1. The Morgan fingerprint density at radius 3 is 2.95 bits per heavy atom. The molecule has 0 bridgehead atoms. The number of amidine groups is 1. The van der Waals surface area contributed by atoms with Crippen molar-refractivity contribution in [2.75, 3.05) is 13.1 Å². The molecule has 1 aliphatic rings. The van der Waals surface area contributed by atoms with Crippen LogP contribution in [0.1, 0.15) is 18.4 Å². The van der Waals surface area contributed by atoms with Crippen molar-refractivity contribution in [3.05, 3.63) is 34.6 Å². The first-order chi connectivity index (χ1) is 10.1. The van der Waals surface area contributed by atoms with Crippen molar-refractivity contribution in [3.8, 4) is 0 Å². The van der Waals surface area contributed by atoms with Gasteiger partial charge >= 0.3 is 0 Å². The third-order valence-corrected chi connectivity index (χ3v) is 3.40. The number of nitrogens with two attached hydrogens (primary N) is 1. The van der Waals surface area contributed by atoms with E-state index in [4.69, 9.17) is 22.1 Å². The van der Waals surface area contributed by atoms with Gasteiger partial charge in [-0.2, -0.15) is 4.99 Å². The molecule has 0 amide bonds. The topological polar surface area (TPSA) is 72.0 Å². The van der Waals surface area contributed by atoms with Crippen molar-refractivity contribution in [3.63, 3.8) is 0 Å². The summed E-state index contributed by atoms with van der Waals surface area (Å²) < 4.78 is 18.7. The van der Waals surface area contributed by atoms with E-state index in [0.717, 1.165) is 25.9 Å². The Hall–Kier alpha value is -1.66. The molecule has 3 N–H and O–H groups in total. The normalized spacial score (nSPS) is 17.3. The second-order valence-electron chi connectivity index (χ2n) is 4.74. The number of piperidine rings is 1. The van der Waals surface area contributed by atoms with Gasteiger partial charge in [0.1, 0.15) is 18.8 Å². The first-order valence-corrected chi connectivity index (χ1v) is 7.15. The maximum Gasteiger partial charge on any atom is 0.288 e. The molecule has 21 heavy (non-hydrogen) atoms. The summed E-state index contributed by atoms with van der Waals surface area (Å²) in [5, 5.41) is 3.60. The fourth-order valence-corrected chi connectivity index (χ4v) is 2.13. The molecule has 0 aromatic heterocycles.